The van der Waals surface area contributed by atoms with Crippen molar-refractivity contribution in [3.05, 3.63) is 65.7 Å². The quantitative estimate of drug-likeness (QED) is 0.792. The molecule has 2 aromatic carbocycles. The maximum absolute atomic E-state index is 12.3. The Morgan fingerprint density at radius 1 is 0.955 bits per heavy atom. The number of carbonyl (C=O) groups excluding carboxylic acids is 1. The van der Waals surface area contributed by atoms with Gasteiger partial charge in [0.25, 0.3) is 15.9 Å². The number of carbonyl (C=O) groups is 1. The van der Waals surface area contributed by atoms with Crippen molar-refractivity contribution in [2.75, 3.05) is 13.2 Å². The molecule has 1 heterocycles. The Kier molecular flexibility index (Phi) is 3.96. The van der Waals surface area contributed by atoms with Gasteiger partial charge in [0.2, 0.25) is 0 Å². The number of fused-ring (bicyclic) bond motifs is 1. The van der Waals surface area contributed by atoms with Crippen LogP contribution in [0.4, 0.5) is 0 Å². The number of ether oxygens (including phenoxy) is 1. The molecule has 0 spiro atoms. The average molecular weight is 317 g/mol. The summed E-state index contributed by atoms with van der Waals surface area (Å²) in [4.78, 5) is 12.2. The molecule has 0 atom stereocenters. The van der Waals surface area contributed by atoms with Crippen molar-refractivity contribution < 1.29 is 17.9 Å². The van der Waals surface area contributed by atoms with Crippen LogP contribution in [0.15, 0.2) is 59.5 Å². The number of hydrogen-bond donors (Lipinski definition) is 0. The first-order chi connectivity index (χ1) is 10.6. The fraction of sp³-hybridized carbons (Fsp3) is 0.188. The highest BCUT2D eigenvalue weighted by Gasteiger charge is 2.40. The summed E-state index contributed by atoms with van der Waals surface area (Å²) in [5.74, 6) is -0.487. The number of rotatable bonds is 5. The lowest BCUT2D eigenvalue weighted by Gasteiger charge is -2.15. The third kappa shape index (κ3) is 2.63. The molecule has 0 saturated heterocycles. The summed E-state index contributed by atoms with van der Waals surface area (Å²) in [6.07, 6.45) is 0. The Labute approximate surface area is 129 Å². The third-order valence-electron chi connectivity index (χ3n) is 3.46. The minimum atomic E-state index is -3.74. The molecule has 1 aliphatic heterocycles. The van der Waals surface area contributed by atoms with Crippen molar-refractivity contribution >= 4 is 15.9 Å². The van der Waals surface area contributed by atoms with Gasteiger partial charge in [-0.3, -0.25) is 4.79 Å². The van der Waals surface area contributed by atoms with E-state index in [2.05, 4.69) is 0 Å². The van der Waals surface area contributed by atoms with Gasteiger partial charge >= 0.3 is 0 Å². The number of nitrogens with zero attached hydrogens (tertiary/aromatic N) is 1. The fourth-order valence-electron chi connectivity index (χ4n) is 2.36. The van der Waals surface area contributed by atoms with Crippen LogP contribution in [-0.4, -0.2) is 31.8 Å². The van der Waals surface area contributed by atoms with Gasteiger partial charge in [0, 0.05) is 0 Å². The number of amides is 1. The van der Waals surface area contributed by atoms with Crippen LogP contribution < -0.4 is 0 Å². The van der Waals surface area contributed by atoms with Crippen LogP contribution in [0.2, 0.25) is 0 Å². The fourth-order valence-corrected chi connectivity index (χ4v) is 3.92. The van der Waals surface area contributed by atoms with E-state index in [0.29, 0.717) is 6.61 Å². The zero-order valence-corrected chi connectivity index (χ0v) is 12.6. The van der Waals surface area contributed by atoms with Gasteiger partial charge < -0.3 is 4.74 Å². The average Bonchev–Trinajstić information content (AvgIpc) is 2.73. The molecule has 0 radical (unpaired) electrons. The summed E-state index contributed by atoms with van der Waals surface area (Å²) < 4.78 is 31.0. The van der Waals surface area contributed by atoms with E-state index in [0.717, 1.165) is 9.87 Å². The molecular weight excluding hydrogens is 302 g/mol. The highest BCUT2D eigenvalue weighted by atomic mass is 32.2. The van der Waals surface area contributed by atoms with Crippen molar-refractivity contribution in [2.45, 2.75) is 11.5 Å². The van der Waals surface area contributed by atoms with Gasteiger partial charge in [0.05, 0.1) is 25.3 Å². The summed E-state index contributed by atoms with van der Waals surface area (Å²) in [6.45, 7) is 0.562. The van der Waals surface area contributed by atoms with Crippen LogP contribution in [0.1, 0.15) is 15.9 Å². The first-order valence-electron chi connectivity index (χ1n) is 6.88. The molecule has 0 fully saturated rings. The molecule has 3 rings (SSSR count). The summed E-state index contributed by atoms with van der Waals surface area (Å²) >= 11 is 0. The van der Waals surface area contributed by atoms with E-state index in [-0.39, 0.29) is 23.6 Å². The van der Waals surface area contributed by atoms with E-state index in [1.807, 2.05) is 30.3 Å². The topological polar surface area (TPSA) is 63.7 Å². The second-order valence-corrected chi connectivity index (χ2v) is 6.75. The van der Waals surface area contributed by atoms with E-state index < -0.39 is 15.9 Å². The lowest BCUT2D eigenvalue weighted by atomic mass is 10.2. The predicted octanol–water partition coefficient (Wildman–Crippen LogP) is 2.05. The molecule has 1 aliphatic rings. The highest BCUT2D eigenvalue weighted by Crippen LogP contribution is 2.29. The van der Waals surface area contributed by atoms with Crippen molar-refractivity contribution in [2.24, 2.45) is 0 Å². The molecule has 6 heteroatoms. The minimum Gasteiger partial charge on any atom is -0.375 e. The Bertz CT molecular complexity index is 787. The Balaban J connectivity index is 1.63. The number of sulfonamides is 1. The predicted molar refractivity (Wildman–Crippen MR) is 80.8 cm³/mol. The van der Waals surface area contributed by atoms with E-state index in [4.69, 9.17) is 4.74 Å². The van der Waals surface area contributed by atoms with E-state index in [9.17, 15) is 13.2 Å². The van der Waals surface area contributed by atoms with Crippen LogP contribution in [0.5, 0.6) is 0 Å². The second-order valence-electron chi connectivity index (χ2n) is 4.92. The number of hydrogen-bond acceptors (Lipinski definition) is 4. The molecule has 1 amide bonds. The van der Waals surface area contributed by atoms with E-state index in [1.54, 1.807) is 12.1 Å². The van der Waals surface area contributed by atoms with Crippen molar-refractivity contribution in [1.82, 2.24) is 4.31 Å². The molecule has 5 nitrogen and oxygen atoms in total. The lowest BCUT2D eigenvalue weighted by molar-refractivity contribution is 0.0776. The second kappa shape index (κ2) is 5.90. The zero-order chi connectivity index (χ0) is 15.6. The van der Waals surface area contributed by atoms with Gasteiger partial charge in [-0.15, -0.1) is 0 Å². The maximum Gasteiger partial charge on any atom is 0.269 e. The van der Waals surface area contributed by atoms with Crippen LogP contribution in [0, 0.1) is 0 Å². The SMILES string of the molecule is O=C1c2ccccc2S(=O)(=O)N1CCOCc1ccccc1. The molecule has 0 saturated carbocycles. The molecular formula is C16H15NO4S. The summed E-state index contributed by atoms with van der Waals surface area (Å²) in [5, 5.41) is 0. The standard InChI is InChI=1S/C16H15NO4S/c18-16-14-8-4-5-9-15(14)22(19,20)17(16)10-11-21-12-13-6-2-1-3-7-13/h1-9H,10-12H2. The highest BCUT2D eigenvalue weighted by molar-refractivity contribution is 7.90. The normalized spacial score (nSPS) is 15.8. The van der Waals surface area contributed by atoms with Gasteiger partial charge in [0.1, 0.15) is 4.90 Å². The Morgan fingerprint density at radius 3 is 2.36 bits per heavy atom. The molecule has 0 N–H and O–H groups in total. The minimum absolute atomic E-state index is 0.0165. The Morgan fingerprint density at radius 2 is 1.64 bits per heavy atom. The zero-order valence-electron chi connectivity index (χ0n) is 11.8. The largest absolute Gasteiger partial charge is 0.375 e. The van der Waals surface area contributed by atoms with Gasteiger partial charge in [0.15, 0.2) is 0 Å². The van der Waals surface area contributed by atoms with Crippen molar-refractivity contribution in [3.63, 3.8) is 0 Å². The summed E-state index contributed by atoms with van der Waals surface area (Å²) in [7, 11) is -3.74. The first kappa shape index (κ1) is 14.7. The molecule has 0 aromatic heterocycles. The molecule has 0 bridgehead atoms. The maximum atomic E-state index is 12.3. The molecule has 0 unspecified atom stereocenters. The van der Waals surface area contributed by atoms with Crippen molar-refractivity contribution in [3.8, 4) is 0 Å². The van der Waals surface area contributed by atoms with Crippen LogP contribution in [0.25, 0.3) is 0 Å². The number of benzene rings is 2. The third-order valence-corrected chi connectivity index (χ3v) is 5.30. The van der Waals surface area contributed by atoms with Crippen molar-refractivity contribution in [1.29, 1.82) is 0 Å². The summed E-state index contributed by atoms with van der Waals surface area (Å²) in [6, 6.07) is 15.8. The molecule has 2 aromatic rings. The van der Waals surface area contributed by atoms with E-state index in [1.165, 1.54) is 12.1 Å². The smallest absolute Gasteiger partial charge is 0.269 e. The van der Waals surface area contributed by atoms with Gasteiger partial charge in [-0.25, -0.2) is 12.7 Å². The van der Waals surface area contributed by atoms with Gasteiger partial charge in [-0.05, 0) is 17.7 Å². The first-order valence-corrected chi connectivity index (χ1v) is 8.32. The van der Waals surface area contributed by atoms with Crippen LogP contribution in [-0.2, 0) is 21.4 Å². The van der Waals surface area contributed by atoms with Gasteiger partial charge in [-0.2, -0.15) is 0 Å². The lowest BCUT2D eigenvalue weighted by Crippen LogP contribution is -2.33. The van der Waals surface area contributed by atoms with Crippen LogP contribution in [0.3, 0.4) is 0 Å². The monoisotopic (exact) mass is 317 g/mol. The molecule has 114 valence electrons. The van der Waals surface area contributed by atoms with Crippen LogP contribution >= 0.6 is 0 Å². The summed E-state index contributed by atoms with van der Waals surface area (Å²) in [5.41, 5.74) is 1.23. The molecule has 0 aliphatic carbocycles. The van der Waals surface area contributed by atoms with Gasteiger partial charge in [-0.1, -0.05) is 42.5 Å². The Hall–Kier alpha value is -2.18. The van der Waals surface area contributed by atoms with E-state index >= 15 is 0 Å². The molecule has 22 heavy (non-hydrogen) atoms.